The Bertz CT molecular complexity index is 560. The van der Waals surface area contributed by atoms with Gasteiger partial charge < -0.3 is 14.6 Å². The summed E-state index contributed by atoms with van der Waals surface area (Å²) < 4.78 is 29.1. The van der Waals surface area contributed by atoms with Gasteiger partial charge in [0.2, 0.25) is 10.0 Å². The molecule has 0 aromatic carbocycles. The molecule has 0 spiro atoms. The van der Waals surface area contributed by atoms with E-state index in [1.807, 2.05) is 4.57 Å². The summed E-state index contributed by atoms with van der Waals surface area (Å²) in [6, 6.07) is 1.92. The van der Waals surface area contributed by atoms with Gasteiger partial charge >= 0.3 is 0 Å². The van der Waals surface area contributed by atoms with Crippen LogP contribution in [0.25, 0.3) is 0 Å². The lowest BCUT2D eigenvalue weighted by atomic mass is 10.4. The monoisotopic (exact) mass is 315 g/mol. The van der Waals surface area contributed by atoms with E-state index in [1.54, 1.807) is 12.3 Å². The Morgan fingerprint density at radius 3 is 2.57 bits per heavy atom. The first kappa shape index (κ1) is 16.5. The Hall–Kier alpha value is -0.890. The molecule has 1 heterocycles. The molecule has 7 heteroatoms. The van der Waals surface area contributed by atoms with Gasteiger partial charge in [-0.15, -0.1) is 0 Å². The third-order valence-electron chi connectivity index (χ3n) is 3.93. The predicted octanol–water partition coefficient (Wildman–Crippen LogP) is 0.935. The highest BCUT2D eigenvalue weighted by Crippen LogP contribution is 2.37. The summed E-state index contributed by atoms with van der Waals surface area (Å²) in [5.74, 6) is 0. The fourth-order valence-electron chi connectivity index (χ4n) is 2.42. The molecule has 0 aliphatic heterocycles. The molecule has 21 heavy (non-hydrogen) atoms. The van der Waals surface area contributed by atoms with E-state index in [1.165, 1.54) is 0 Å². The SMILES string of the molecule is CCN(CC)CCNS(=O)(=O)c1cc(CO)n(C2CC2)c1. The van der Waals surface area contributed by atoms with E-state index in [2.05, 4.69) is 23.5 Å². The minimum atomic E-state index is -3.50. The van der Waals surface area contributed by atoms with Crippen LogP contribution < -0.4 is 4.72 Å². The standard InChI is InChI=1S/C14H25N3O3S/c1-3-16(4-2)8-7-15-21(19,20)14-9-13(11-18)17(10-14)12-5-6-12/h9-10,12,15,18H,3-8,11H2,1-2H3. The Balaban J connectivity index is 2.02. The first-order valence-electron chi connectivity index (χ1n) is 7.55. The van der Waals surface area contributed by atoms with Crippen molar-refractivity contribution in [1.82, 2.24) is 14.2 Å². The average Bonchev–Trinajstić information content (AvgIpc) is 3.22. The lowest BCUT2D eigenvalue weighted by molar-refractivity contribution is 0.270. The minimum Gasteiger partial charge on any atom is -0.390 e. The second-order valence-corrected chi connectivity index (χ2v) is 7.16. The second-order valence-electron chi connectivity index (χ2n) is 5.39. The summed E-state index contributed by atoms with van der Waals surface area (Å²) in [4.78, 5) is 2.41. The zero-order valence-electron chi connectivity index (χ0n) is 12.7. The number of hydrogen-bond donors (Lipinski definition) is 2. The quantitative estimate of drug-likeness (QED) is 0.711. The maximum Gasteiger partial charge on any atom is 0.242 e. The molecule has 1 fully saturated rings. The van der Waals surface area contributed by atoms with Gasteiger partial charge in [-0.3, -0.25) is 0 Å². The van der Waals surface area contributed by atoms with Crippen molar-refractivity contribution in [2.45, 2.75) is 44.2 Å². The van der Waals surface area contributed by atoms with Gasteiger partial charge in [-0.2, -0.15) is 0 Å². The van der Waals surface area contributed by atoms with Gasteiger partial charge in [0, 0.05) is 31.0 Å². The number of aliphatic hydroxyl groups is 1. The molecule has 6 nitrogen and oxygen atoms in total. The van der Waals surface area contributed by atoms with Gasteiger partial charge in [-0.05, 0) is 32.0 Å². The van der Waals surface area contributed by atoms with Crippen molar-refractivity contribution in [2.75, 3.05) is 26.2 Å². The molecular weight excluding hydrogens is 290 g/mol. The average molecular weight is 315 g/mol. The van der Waals surface area contributed by atoms with Crippen molar-refractivity contribution >= 4 is 10.0 Å². The number of hydrogen-bond acceptors (Lipinski definition) is 4. The Kier molecular flexibility index (Phi) is 5.43. The number of nitrogens with one attached hydrogen (secondary N) is 1. The van der Waals surface area contributed by atoms with Gasteiger partial charge in [0.05, 0.1) is 11.5 Å². The van der Waals surface area contributed by atoms with Crippen molar-refractivity contribution in [1.29, 1.82) is 0 Å². The van der Waals surface area contributed by atoms with Crippen molar-refractivity contribution in [2.24, 2.45) is 0 Å². The first-order chi connectivity index (χ1) is 10.0. The fraction of sp³-hybridized carbons (Fsp3) is 0.714. The Morgan fingerprint density at radius 1 is 1.38 bits per heavy atom. The highest BCUT2D eigenvalue weighted by Gasteiger charge is 2.27. The van der Waals surface area contributed by atoms with Crippen LogP contribution in [-0.2, 0) is 16.6 Å². The van der Waals surface area contributed by atoms with Crippen LogP contribution in [0, 0.1) is 0 Å². The number of aliphatic hydroxyl groups excluding tert-OH is 1. The van der Waals surface area contributed by atoms with Crippen LogP contribution in [0.1, 0.15) is 38.4 Å². The molecule has 1 saturated carbocycles. The normalized spacial score (nSPS) is 15.8. The molecule has 120 valence electrons. The van der Waals surface area contributed by atoms with E-state index in [-0.39, 0.29) is 11.5 Å². The molecule has 0 bridgehead atoms. The third-order valence-corrected chi connectivity index (χ3v) is 5.36. The molecule has 0 radical (unpaired) electrons. The number of rotatable bonds is 9. The minimum absolute atomic E-state index is 0.133. The van der Waals surface area contributed by atoms with E-state index in [4.69, 9.17) is 0 Å². The van der Waals surface area contributed by atoms with Crippen LogP contribution in [0.5, 0.6) is 0 Å². The number of nitrogens with zero attached hydrogens (tertiary/aromatic N) is 2. The van der Waals surface area contributed by atoms with Gasteiger partial charge in [0.15, 0.2) is 0 Å². The smallest absolute Gasteiger partial charge is 0.242 e. The van der Waals surface area contributed by atoms with Crippen molar-refractivity contribution in [3.05, 3.63) is 18.0 Å². The second kappa shape index (κ2) is 6.91. The molecule has 1 aliphatic carbocycles. The molecule has 0 atom stereocenters. The lowest BCUT2D eigenvalue weighted by Crippen LogP contribution is -2.34. The van der Waals surface area contributed by atoms with Crippen LogP contribution in [-0.4, -0.2) is 49.2 Å². The van der Waals surface area contributed by atoms with Crippen molar-refractivity contribution < 1.29 is 13.5 Å². The molecule has 1 aromatic rings. The molecule has 2 N–H and O–H groups in total. The fourth-order valence-corrected chi connectivity index (χ4v) is 3.49. The number of likely N-dealkylation sites (N-methyl/N-ethyl adjacent to an activating group) is 1. The summed E-state index contributed by atoms with van der Waals surface area (Å²) in [6.07, 6.45) is 3.75. The maximum atomic E-state index is 12.3. The first-order valence-corrected chi connectivity index (χ1v) is 9.03. The van der Waals surface area contributed by atoms with Crippen LogP contribution in [0.3, 0.4) is 0 Å². The predicted molar refractivity (Wildman–Crippen MR) is 81.6 cm³/mol. The highest BCUT2D eigenvalue weighted by atomic mass is 32.2. The van der Waals surface area contributed by atoms with Crippen LogP contribution in [0.15, 0.2) is 17.2 Å². The topological polar surface area (TPSA) is 74.6 Å². The van der Waals surface area contributed by atoms with Gasteiger partial charge in [0.25, 0.3) is 0 Å². The zero-order chi connectivity index (χ0) is 15.5. The summed E-state index contributed by atoms with van der Waals surface area (Å²) >= 11 is 0. The molecule has 1 aromatic heterocycles. The number of sulfonamides is 1. The highest BCUT2D eigenvalue weighted by molar-refractivity contribution is 7.89. The molecule has 2 rings (SSSR count). The van der Waals surface area contributed by atoms with Gasteiger partial charge in [-0.25, -0.2) is 13.1 Å². The van der Waals surface area contributed by atoms with Crippen molar-refractivity contribution in [3.63, 3.8) is 0 Å². The lowest BCUT2D eigenvalue weighted by Gasteiger charge is -2.17. The Morgan fingerprint density at radius 2 is 2.05 bits per heavy atom. The summed E-state index contributed by atoms with van der Waals surface area (Å²) in [6.45, 7) is 6.89. The Labute approximate surface area is 126 Å². The summed E-state index contributed by atoms with van der Waals surface area (Å²) in [5.41, 5.74) is 0.668. The van der Waals surface area contributed by atoms with E-state index >= 15 is 0 Å². The van der Waals surface area contributed by atoms with E-state index in [9.17, 15) is 13.5 Å². The maximum absolute atomic E-state index is 12.3. The van der Waals surface area contributed by atoms with E-state index < -0.39 is 10.0 Å². The number of aromatic nitrogens is 1. The van der Waals surface area contributed by atoms with Crippen LogP contribution >= 0.6 is 0 Å². The van der Waals surface area contributed by atoms with Crippen molar-refractivity contribution in [3.8, 4) is 0 Å². The van der Waals surface area contributed by atoms with Gasteiger partial charge in [0.1, 0.15) is 0 Å². The molecular formula is C14H25N3O3S. The summed E-state index contributed by atoms with van der Waals surface area (Å²) in [7, 11) is -3.50. The van der Waals surface area contributed by atoms with Crippen LogP contribution in [0.4, 0.5) is 0 Å². The van der Waals surface area contributed by atoms with E-state index in [0.717, 1.165) is 25.9 Å². The largest absolute Gasteiger partial charge is 0.390 e. The molecule has 0 unspecified atom stereocenters. The van der Waals surface area contributed by atoms with E-state index in [0.29, 0.717) is 24.8 Å². The zero-order valence-corrected chi connectivity index (χ0v) is 13.6. The van der Waals surface area contributed by atoms with Gasteiger partial charge in [-0.1, -0.05) is 13.8 Å². The molecule has 1 aliphatic rings. The molecule has 0 amide bonds. The summed E-state index contributed by atoms with van der Waals surface area (Å²) in [5, 5.41) is 9.34. The molecule has 0 saturated heterocycles. The van der Waals surface area contributed by atoms with Crippen LogP contribution in [0.2, 0.25) is 0 Å². The third kappa shape index (κ3) is 4.06.